The van der Waals surface area contributed by atoms with Gasteiger partial charge in [0.05, 0.1) is 6.54 Å². The summed E-state index contributed by atoms with van der Waals surface area (Å²) in [6.07, 6.45) is 4.43. The van der Waals surface area contributed by atoms with E-state index in [1.54, 1.807) is 11.4 Å². The lowest BCUT2D eigenvalue weighted by Gasteiger charge is -2.22. The number of carbonyl (C=O) groups is 2. The van der Waals surface area contributed by atoms with E-state index in [1.165, 1.54) is 26.0 Å². The van der Waals surface area contributed by atoms with Crippen molar-refractivity contribution in [1.29, 1.82) is 0 Å². The Hall–Kier alpha value is -2.43. The quantitative estimate of drug-likeness (QED) is 0.502. The fourth-order valence-corrected chi connectivity index (χ4v) is 6.08. The van der Waals surface area contributed by atoms with E-state index in [4.69, 9.17) is 0 Å². The number of nitrogens with one attached hydrogen (secondary N) is 2. The zero-order chi connectivity index (χ0) is 23.8. The summed E-state index contributed by atoms with van der Waals surface area (Å²) in [5.74, 6) is -0.821. The van der Waals surface area contributed by atoms with Crippen molar-refractivity contribution in [2.45, 2.75) is 49.3 Å². The Balaban J connectivity index is 1.63. The van der Waals surface area contributed by atoms with E-state index >= 15 is 0 Å². The van der Waals surface area contributed by atoms with Crippen molar-refractivity contribution in [1.82, 2.24) is 9.62 Å². The van der Waals surface area contributed by atoms with Crippen molar-refractivity contribution >= 4 is 44.5 Å². The van der Waals surface area contributed by atoms with Gasteiger partial charge < -0.3 is 15.5 Å². The number of unbranched alkanes of at least 4 members (excludes halogenated alkanes) is 1. The van der Waals surface area contributed by atoms with Crippen LogP contribution in [0, 0.1) is 0 Å². The topological polar surface area (TPSA) is 98.8 Å². The number of amides is 2. The molecule has 0 aliphatic carbocycles. The lowest BCUT2D eigenvalue weighted by molar-refractivity contribution is -0.126. The van der Waals surface area contributed by atoms with E-state index in [0.717, 1.165) is 47.3 Å². The van der Waals surface area contributed by atoms with Gasteiger partial charge in [-0.3, -0.25) is 9.59 Å². The van der Waals surface area contributed by atoms with Crippen molar-refractivity contribution < 1.29 is 18.0 Å². The standard InChI is InChI=1S/C23H32N4O4S2/c1-3-4-11-20(25-21(28)17-26(2)33(30,31)22-12-8-15-32-22)23(29)24-18-9-7-10-19(16-18)27-13-5-6-14-27/h7-10,12,15-16,20H,3-6,11,13-14,17H2,1-2H3,(H,24,29)(H,25,28). The molecule has 0 bridgehead atoms. The van der Waals surface area contributed by atoms with Crippen LogP contribution in [0.25, 0.3) is 0 Å². The van der Waals surface area contributed by atoms with Crippen molar-refractivity contribution in [3.63, 3.8) is 0 Å². The minimum absolute atomic E-state index is 0.177. The van der Waals surface area contributed by atoms with Gasteiger partial charge in [0, 0.05) is 31.5 Å². The van der Waals surface area contributed by atoms with Gasteiger partial charge in [-0.15, -0.1) is 11.3 Å². The Morgan fingerprint density at radius 2 is 1.94 bits per heavy atom. The molecular formula is C23H32N4O4S2. The molecule has 2 amide bonds. The zero-order valence-electron chi connectivity index (χ0n) is 19.1. The van der Waals surface area contributed by atoms with E-state index in [1.807, 2.05) is 31.2 Å². The molecule has 2 aromatic rings. The fourth-order valence-electron chi connectivity index (χ4n) is 3.75. The number of hydrogen-bond acceptors (Lipinski definition) is 6. The molecule has 8 nitrogen and oxygen atoms in total. The summed E-state index contributed by atoms with van der Waals surface area (Å²) in [5, 5.41) is 7.31. The molecule has 2 N–H and O–H groups in total. The molecule has 1 unspecified atom stereocenters. The number of hydrogen-bond donors (Lipinski definition) is 2. The molecule has 1 aliphatic rings. The Kier molecular flexibility index (Phi) is 8.87. The van der Waals surface area contributed by atoms with E-state index < -0.39 is 22.0 Å². The van der Waals surface area contributed by atoms with Crippen molar-refractivity contribution in [3.8, 4) is 0 Å². The van der Waals surface area contributed by atoms with Gasteiger partial charge in [-0.2, -0.15) is 4.31 Å². The molecule has 0 radical (unpaired) electrons. The Labute approximate surface area is 200 Å². The number of nitrogens with zero attached hydrogens (tertiary/aromatic N) is 2. The number of anilines is 2. The highest BCUT2D eigenvalue weighted by molar-refractivity contribution is 7.91. The predicted octanol–water partition coefficient (Wildman–Crippen LogP) is 3.28. The van der Waals surface area contributed by atoms with Crippen LogP contribution in [0.4, 0.5) is 11.4 Å². The third-order valence-electron chi connectivity index (χ3n) is 5.61. The van der Waals surface area contributed by atoms with Gasteiger partial charge in [0.1, 0.15) is 10.3 Å². The van der Waals surface area contributed by atoms with Crippen LogP contribution in [0.1, 0.15) is 39.0 Å². The van der Waals surface area contributed by atoms with Gasteiger partial charge in [0.25, 0.3) is 10.0 Å². The maximum absolute atomic E-state index is 13.0. The monoisotopic (exact) mass is 492 g/mol. The maximum atomic E-state index is 13.0. The first-order valence-electron chi connectivity index (χ1n) is 11.3. The van der Waals surface area contributed by atoms with E-state index in [0.29, 0.717) is 12.1 Å². The van der Waals surface area contributed by atoms with E-state index in [9.17, 15) is 18.0 Å². The summed E-state index contributed by atoms with van der Waals surface area (Å²) in [4.78, 5) is 27.9. The molecule has 1 aromatic heterocycles. The fraction of sp³-hybridized carbons (Fsp3) is 0.478. The third-order valence-corrected chi connectivity index (χ3v) is 8.79. The van der Waals surface area contributed by atoms with Gasteiger partial charge in [0.15, 0.2) is 0 Å². The number of likely N-dealkylation sites (N-methyl/N-ethyl adjacent to an activating group) is 1. The van der Waals surface area contributed by atoms with Gasteiger partial charge in [0.2, 0.25) is 11.8 Å². The first-order chi connectivity index (χ1) is 15.8. The van der Waals surface area contributed by atoms with Gasteiger partial charge in [-0.25, -0.2) is 8.42 Å². The van der Waals surface area contributed by atoms with Crippen molar-refractivity contribution in [3.05, 3.63) is 41.8 Å². The summed E-state index contributed by atoms with van der Waals surface area (Å²) >= 11 is 1.10. The van der Waals surface area contributed by atoms with Crippen LogP contribution in [0.15, 0.2) is 46.0 Å². The van der Waals surface area contributed by atoms with Crippen LogP contribution < -0.4 is 15.5 Å². The minimum atomic E-state index is -3.74. The second-order valence-corrected chi connectivity index (χ2v) is 11.4. The Bertz CT molecular complexity index is 1030. The van der Waals surface area contributed by atoms with Crippen LogP contribution in [0.2, 0.25) is 0 Å². The highest BCUT2D eigenvalue weighted by atomic mass is 32.2. The number of sulfonamides is 1. The SMILES string of the molecule is CCCCC(NC(=O)CN(C)S(=O)(=O)c1cccs1)C(=O)Nc1cccc(N2CCCC2)c1. The molecule has 33 heavy (non-hydrogen) atoms. The molecule has 1 fully saturated rings. The highest BCUT2D eigenvalue weighted by Gasteiger charge is 2.26. The second-order valence-electron chi connectivity index (χ2n) is 8.19. The Morgan fingerprint density at radius 3 is 2.61 bits per heavy atom. The van der Waals surface area contributed by atoms with E-state index in [2.05, 4.69) is 15.5 Å². The largest absolute Gasteiger partial charge is 0.371 e. The van der Waals surface area contributed by atoms with Gasteiger partial charge in [-0.05, 0) is 48.9 Å². The number of carbonyl (C=O) groups excluding carboxylic acids is 2. The molecular weight excluding hydrogens is 460 g/mol. The van der Waals surface area contributed by atoms with Crippen molar-refractivity contribution in [2.75, 3.05) is 36.9 Å². The predicted molar refractivity (Wildman–Crippen MR) is 132 cm³/mol. The molecule has 1 aromatic carbocycles. The summed E-state index contributed by atoms with van der Waals surface area (Å²) < 4.78 is 26.3. The Morgan fingerprint density at radius 1 is 1.18 bits per heavy atom. The molecule has 3 rings (SSSR count). The van der Waals surface area contributed by atoms with Crippen LogP contribution in [0.3, 0.4) is 0 Å². The lowest BCUT2D eigenvalue weighted by atomic mass is 10.1. The molecule has 10 heteroatoms. The number of thiophene rings is 1. The summed E-state index contributed by atoms with van der Waals surface area (Å²) in [5.41, 5.74) is 1.75. The van der Waals surface area contributed by atoms with Gasteiger partial charge >= 0.3 is 0 Å². The first-order valence-corrected chi connectivity index (χ1v) is 13.6. The van der Waals surface area contributed by atoms with Crippen LogP contribution in [0.5, 0.6) is 0 Å². The molecule has 2 heterocycles. The molecule has 0 spiro atoms. The average Bonchev–Trinajstić information content (AvgIpc) is 3.51. The smallest absolute Gasteiger partial charge is 0.252 e. The molecule has 1 saturated heterocycles. The van der Waals surface area contributed by atoms with Crippen molar-refractivity contribution in [2.24, 2.45) is 0 Å². The third kappa shape index (κ3) is 6.78. The molecule has 0 saturated carbocycles. The minimum Gasteiger partial charge on any atom is -0.371 e. The number of rotatable bonds is 11. The normalized spacial score (nSPS) is 14.9. The van der Waals surface area contributed by atoms with E-state index in [-0.39, 0.29) is 16.7 Å². The first kappa shape index (κ1) is 25.2. The van der Waals surface area contributed by atoms with Crippen LogP contribution in [-0.4, -0.2) is 57.3 Å². The molecule has 180 valence electrons. The summed E-state index contributed by atoms with van der Waals surface area (Å²) in [6.45, 7) is 3.67. The highest BCUT2D eigenvalue weighted by Crippen LogP contribution is 2.24. The average molecular weight is 493 g/mol. The maximum Gasteiger partial charge on any atom is 0.252 e. The number of benzene rings is 1. The molecule has 1 aliphatic heterocycles. The lowest BCUT2D eigenvalue weighted by Crippen LogP contribution is -2.47. The molecule has 1 atom stereocenters. The summed E-state index contributed by atoms with van der Waals surface area (Å²) in [7, 11) is -2.38. The van der Waals surface area contributed by atoms with Crippen LogP contribution >= 0.6 is 11.3 Å². The van der Waals surface area contributed by atoms with Gasteiger partial charge in [-0.1, -0.05) is 31.9 Å². The van der Waals surface area contributed by atoms with Crippen LogP contribution in [-0.2, 0) is 19.6 Å². The second kappa shape index (κ2) is 11.6. The zero-order valence-corrected chi connectivity index (χ0v) is 20.8. The summed E-state index contributed by atoms with van der Waals surface area (Å²) in [6, 6.07) is 10.1.